The molecule has 3 aliphatic heterocycles. The van der Waals surface area contributed by atoms with Gasteiger partial charge < -0.3 is 19.9 Å². The largest absolute Gasteiger partial charge is 0.366 e. The van der Waals surface area contributed by atoms with E-state index in [0.717, 1.165) is 32.4 Å². The number of halogens is 1. The number of fused-ring (bicyclic) bond motifs is 1. The van der Waals surface area contributed by atoms with Crippen molar-refractivity contribution in [2.75, 3.05) is 38.7 Å². The van der Waals surface area contributed by atoms with E-state index in [1.165, 1.54) is 0 Å². The summed E-state index contributed by atoms with van der Waals surface area (Å²) in [6.45, 7) is 2.95. The highest BCUT2D eigenvalue weighted by Crippen LogP contribution is 2.22. The van der Waals surface area contributed by atoms with Gasteiger partial charge in [-0.3, -0.25) is 4.79 Å². The standard InChI is InChI=1S/C14H22ClN3O3/c15-7-10-1-4-17(5-2-10)14(20)18-6-3-12-11(8-18)16-13(19)9-21-12/h10-12H,1-9H2,(H,16,19)/t11-,12?/m1/s1. The van der Waals surface area contributed by atoms with Gasteiger partial charge in [-0.2, -0.15) is 0 Å². The van der Waals surface area contributed by atoms with Gasteiger partial charge in [-0.05, 0) is 25.2 Å². The van der Waals surface area contributed by atoms with Crippen LogP contribution in [-0.2, 0) is 9.53 Å². The number of rotatable bonds is 1. The van der Waals surface area contributed by atoms with E-state index < -0.39 is 0 Å². The third kappa shape index (κ3) is 3.26. The number of nitrogens with one attached hydrogen (secondary N) is 1. The molecule has 3 saturated heterocycles. The van der Waals surface area contributed by atoms with Gasteiger partial charge >= 0.3 is 6.03 Å². The van der Waals surface area contributed by atoms with E-state index >= 15 is 0 Å². The number of carbonyl (C=O) groups is 2. The van der Waals surface area contributed by atoms with E-state index in [0.29, 0.717) is 24.9 Å². The van der Waals surface area contributed by atoms with Crippen LogP contribution in [0.4, 0.5) is 4.79 Å². The monoisotopic (exact) mass is 315 g/mol. The lowest BCUT2D eigenvalue weighted by atomic mass is 9.98. The Kier molecular flexibility index (Phi) is 4.54. The van der Waals surface area contributed by atoms with E-state index in [1.54, 1.807) is 0 Å². The molecule has 0 aliphatic carbocycles. The van der Waals surface area contributed by atoms with Crippen molar-refractivity contribution < 1.29 is 14.3 Å². The first-order valence-electron chi connectivity index (χ1n) is 7.68. The van der Waals surface area contributed by atoms with Crippen LogP contribution in [0, 0.1) is 5.92 Å². The molecule has 3 aliphatic rings. The van der Waals surface area contributed by atoms with Crippen LogP contribution in [0.3, 0.4) is 0 Å². The molecule has 3 heterocycles. The molecule has 7 heteroatoms. The predicted octanol–water partition coefficient (Wildman–Crippen LogP) is 0.647. The summed E-state index contributed by atoms with van der Waals surface area (Å²) < 4.78 is 5.52. The number of nitrogens with zero attached hydrogens (tertiary/aromatic N) is 2. The van der Waals surface area contributed by atoms with Crippen LogP contribution in [0.15, 0.2) is 0 Å². The Balaban J connectivity index is 1.55. The van der Waals surface area contributed by atoms with E-state index in [-0.39, 0.29) is 30.7 Å². The second-order valence-corrected chi connectivity index (χ2v) is 6.43. The van der Waals surface area contributed by atoms with Crippen molar-refractivity contribution >= 4 is 23.5 Å². The predicted molar refractivity (Wildman–Crippen MR) is 78.3 cm³/mol. The molecule has 2 atom stereocenters. The van der Waals surface area contributed by atoms with E-state index in [9.17, 15) is 9.59 Å². The molecular weight excluding hydrogens is 294 g/mol. The van der Waals surface area contributed by atoms with Crippen LogP contribution in [-0.4, -0.2) is 72.5 Å². The maximum Gasteiger partial charge on any atom is 0.320 e. The summed E-state index contributed by atoms with van der Waals surface area (Å²) in [5.74, 6) is 1.12. The molecule has 3 rings (SSSR count). The summed E-state index contributed by atoms with van der Waals surface area (Å²) in [5.41, 5.74) is 0. The fourth-order valence-electron chi connectivity index (χ4n) is 3.35. The quantitative estimate of drug-likeness (QED) is 0.723. The Hall–Kier alpha value is -1.01. The van der Waals surface area contributed by atoms with Gasteiger partial charge in [-0.1, -0.05) is 0 Å². The van der Waals surface area contributed by atoms with Gasteiger partial charge in [0.25, 0.3) is 0 Å². The third-order valence-electron chi connectivity index (χ3n) is 4.70. The van der Waals surface area contributed by atoms with Gasteiger partial charge in [0, 0.05) is 32.1 Å². The number of alkyl halides is 1. The summed E-state index contributed by atoms with van der Waals surface area (Å²) in [7, 11) is 0. The third-order valence-corrected chi connectivity index (χ3v) is 5.13. The summed E-state index contributed by atoms with van der Waals surface area (Å²) >= 11 is 5.88. The average molecular weight is 316 g/mol. The molecule has 1 N–H and O–H groups in total. The van der Waals surface area contributed by atoms with Crippen LogP contribution in [0.2, 0.25) is 0 Å². The first-order chi connectivity index (χ1) is 10.2. The van der Waals surface area contributed by atoms with Gasteiger partial charge in [0.05, 0.1) is 12.1 Å². The molecule has 1 unspecified atom stereocenters. The molecule has 0 bridgehead atoms. The molecule has 0 aromatic heterocycles. The number of piperidine rings is 2. The average Bonchev–Trinajstić information content (AvgIpc) is 2.53. The lowest BCUT2D eigenvalue weighted by molar-refractivity contribution is -0.139. The van der Waals surface area contributed by atoms with Gasteiger partial charge in [0.15, 0.2) is 0 Å². The van der Waals surface area contributed by atoms with Crippen molar-refractivity contribution in [3.63, 3.8) is 0 Å². The molecule has 3 amide bonds. The first kappa shape index (κ1) is 14.9. The Morgan fingerprint density at radius 2 is 1.95 bits per heavy atom. The van der Waals surface area contributed by atoms with Gasteiger partial charge in [-0.25, -0.2) is 4.79 Å². The second kappa shape index (κ2) is 6.40. The lowest BCUT2D eigenvalue weighted by Gasteiger charge is -2.43. The number of likely N-dealkylation sites (tertiary alicyclic amines) is 2. The maximum atomic E-state index is 12.6. The zero-order valence-electron chi connectivity index (χ0n) is 12.1. The van der Waals surface area contributed by atoms with Crippen molar-refractivity contribution in [3.05, 3.63) is 0 Å². The van der Waals surface area contributed by atoms with Crippen LogP contribution in [0.1, 0.15) is 19.3 Å². The molecule has 0 saturated carbocycles. The fourth-order valence-corrected chi connectivity index (χ4v) is 3.66. The van der Waals surface area contributed by atoms with Crippen LogP contribution in [0.5, 0.6) is 0 Å². The number of amides is 3. The molecule has 0 spiro atoms. The van der Waals surface area contributed by atoms with Crippen molar-refractivity contribution in [2.24, 2.45) is 5.92 Å². The van der Waals surface area contributed by atoms with Crippen molar-refractivity contribution in [2.45, 2.75) is 31.4 Å². The van der Waals surface area contributed by atoms with E-state index in [2.05, 4.69) is 5.32 Å². The SMILES string of the molecule is O=C1COC2CCN(C(=O)N3CCC(CCl)CC3)C[C@H]2N1. The van der Waals surface area contributed by atoms with Crippen molar-refractivity contribution in [3.8, 4) is 0 Å². The second-order valence-electron chi connectivity index (χ2n) is 6.13. The highest BCUT2D eigenvalue weighted by atomic mass is 35.5. The summed E-state index contributed by atoms with van der Waals surface area (Å²) in [4.78, 5) is 27.7. The molecule has 0 radical (unpaired) electrons. The van der Waals surface area contributed by atoms with Crippen LogP contribution in [0.25, 0.3) is 0 Å². The van der Waals surface area contributed by atoms with E-state index in [1.807, 2.05) is 9.80 Å². The topological polar surface area (TPSA) is 61.9 Å². The fraction of sp³-hybridized carbons (Fsp3) is 0.857. The number of hydrogen-bond donors (Lipinski definition) is 1. The zero-order valence-corrected chi connectivity index (χ0v) is 12.8. The highest BCUT2D eigenvalue weighted by Gasteiger charge is 2.37. The van der Waals surface area contributed by atoms with Crippen LogP contribution < -0.4 is 5.32 Å². The minimum Gasteiger partial charge on any atom is -0.366 e. The summed E-state index contributed by atoms with van der Waals surface area (Å²) in [5, 5.41) is 2.93. The Labute approximate surface area is 129 Å². The van der Waals surface area contributed by atoms with E-state index in [4.69, 9.17) is 16.3 Å². The zero-order chi connectivity index (χ0) is 14.8. The number of urea groups is 1. The molecule has 21 heavy (non-hydrogen) atoms. The lowest BCUT2D eigenvalue weighted by Crippen LogP contribution is -2.62. The minimum absolute atomic E-state index is 0.0498. The Bertz CT molecular complexity index is 412. The molecule has 118 valence electrons. The molecule has 0 aromatic carbocycles. The number of carbonyl (C=O) groups excluding carboxylic acids is 2. The van der Waals surface area contributed by atoms with Crippen molar-refractivity contribution in [1.82, 2.24) is 15.1 Å². The van der Waals surface area contributed by atoms with Gasteiger partial charge in [0.1, 0.15) is 6.61 Å². The Morgan fingerprint density at radius 3 is 2.67 bits per heavy atom. The number of hydrogen-bond acceptors (Lipinski definition) is 3. The van der Waals surface area contributed by atoms with Gasteiger partial charge in [-0.15, -0.1) is 11.6 Å². The highest BCUT2D eigenvalue weighted by molar-refractivity contribution is 6.18. The number of morpholine rings is 1. The number of ether oxygens (including phenoxy) is 1. The summed E-state index contributed by atoms with van der Waals surface area (Å²) in [6, 6.07) is 0.0191. The molecular formula is C14H22ClN3O3. The molecule has 0 aromatic rings. The van der Waals surface area contributed by atoms with Crippen molar-refractivity contribution in [1.29, 1.82) is 0 Å². The normalized spacial score (nSPS) is 30.8. The molecule has 3 fully saturated rings. The minimum atomic E-state index is -0.0894. The van der Waals surface area contributed by atoms with Gasteiger partial charge in [0.2, 0.25) is 5.91 Å². The maximum absolute atomic E-state index is 12.6. The first-order valence-corrected chi connectivity index (χ1v) is 8.21. The summed E-state index contributed by atoms with van der Waals surface area (Å²) in [6.07, 6.45) is 2.80. The Morgan fingerprint density at radius 1 is 1.24 bits per heavy atom. The smallest absolute Gasteiger partial charge is 0.320 e. The van der Waals surface area contributed by atoms with Crippen LogP contribution >= 0.6 is 11.6 Å². The molecule has 6 nitrogen and oxygen atoms in total.